The number of hydrogen-bond donors (Lipinski definition) is 1. The molecule has 0 radical (unpaired) electrons. The Labute approximate surface area is 499 Å². The number of ether oxygens (including phenoxy) is 1. The van der Waals surface area contributed by atoms with Crippen molar-refractivity contribution in [3.8, 4) is 0 Å². The highest BCUT2D eigenvalue weighted by Gasteiger charge is 2.27. The number of carbonyl (C=O) groups is 2. The lowest BCUT2D eigenvalue weighted by molar-refractivity contribution is -0.870. The van der Waals surface area contributed by atoms with Crippen LogP contribution in [0.4, 0.5) is 0 Å². The van der Waals surface area contributed by atoms with Crippen molar-refractivity contribution in [2.24, 2.45) is 0 Å². The number of carbonyl (C=O) groups excluding carboxylic acids is 2. The highest BCUT2D eigenvalue weighted by Crippen LogP contribution is 2.38. The van der Waals surface area contributed by atoms with E-state index in [1.165, 1.54) is 116 Å². The standard InChI is InChI=1S/C71H123N2O7P/c1-7-10-13-16-19-22-25-27-29-31-32-33-34-35-36-37-38-39-40-42-43-45-48-51-54-57-60-63-70(74)72-68(67-79-81(76,77)78-66-65-73(4,5)6)69(62-59-56-53-50-47-24-21-18-15-12-9-3)80-71(75)64-61-58-55-52-49-46-44-41-30-28-26-23-20-17-14-11-8-2/h10,13,19-20,22-23,27-30,32-33,35-36,44,46,52,55,59,62,68-69H,7-9,11-12,14-18,21,24-26,31,34,37-43,45,47-51,53-54,56-58,60-61,63-67H2,1-6H3,(H-,72,74,76,77)/b13-10-,22-19-,23-20-,29-27-,30-28-,33-32-,36-35-,46-44-,55-52-,62-59-. The lowest BCUT2D eigenvalue weighted by atomic mass is 10.0. The van der Waals surface area contributed by atoms with Crippen molar-refractivity contribution >= 4 is 19.7 Å². The molecule has 0 rings (SSSR count). The van der Waals surface area contributed by atoms with Gasteiger partial charge in [0.1, 0.15) is 19.3 Å². The molecule has 0 aliphatic carbocycles. The number of nitrogens with one attached hydrogen (secondary N) is 1. The second kappa shape index (κ2) is 59.6. The van der Waals surface area contributed by atoms with Gasteiger partial charge in [-0.2, -0.15) is 0 Å². The molecule has 0 aromatic heterocycles. The van der Waals surface area contributed by atoms with Crippen LogP contribution in [0.15, 0.2) is 122 Å². The second-order valence-electron chi connectivity index (χ2n) is 22.9. The molecule has 0 aliphatic heterocycles. The zero-order valence-electron chi connectivity index (χ0n) is 52.9. The van der Waals surface area contributed by atoms with Crippen molar-refractivity contribution in [1.82, 2.24) is 5.32 Å². The average Bonchev–Trinajstić information content (AvgIpc) is 3.43. The molecule has 0 fully saturated rings. The van der Waals surface area contributed by atoms with Crippen molar-refractivity contribution in [3.05, 3.63) is 122 Å². The predicted octanol–water partition coefficient (Wildman–Crippen LogP) is 20.0. The maximum atomic E-state index is 13.6. The Morgan fingerprint density at radius 3 is 1.23 bits per heavy atom. The summed E-state index contributed by atoms with van der Waals surface area (Å²) in [5.74, 6) is -0.616. The number of rotatable bonds is 58. The fourth-order valence-electron chi connectivity index (χ4n) is 8.83. The van der Waals surface area contributed by atoms with E-state index in [0.717, 1.165) is 109 Å². The van der Waals surface area contributed by atoms with Gasteiger partial charge in [0.15, 0.2) is 0 Å². The third-order valence-electron chi connectivity index (χ3n) is 13.9. The van der Waals surface area contributed by atoms with Crippen LogP contribution in [-0.2, 0) is 27.9 Å². The van der Waals surface area contributed by atoms with E-state index in [1.807, 2.05) is 33.3 Å². The van der Waals surface area contributed by atoms with E-state index >= 15 is 0 Å². The maximum absolute atomic E-state index is 13.6. The Bertz CT molecular complexity index is 1800. The Morgan fingerprint density at radius 1 is 0.444 bits per heavy atom. The van der Waals surface area contributed by atoms with E-state index in [2.05, 4.69) is 135 Å². The predicted molar refractivity (Wildman–Crippen MR) is 348 cm³/mol. The lowest BCUT2D eigenvalue weighted by Crippen LogP contribution is -2.47. The van der Waals surface area contributed by atoms with E-state index < -0.39 is 32.5 Å². The normalized spacial score (nSPS) is 14.4. The number of unbranched alkanes of at least 4 members (excludes halogenated alkanes) is 24. The first-order valence-electron chi connectivity index (χ1n) is 32.8. The van der Waals surface area contributed by atoms with Gasteiger partial charge in [-0.05, 0) is 115 Å². The van der Waals surface area contributed by atoms with Gasteiger partial charge in [-0.1, -0.05) is 258 Å². The zero-order chi connectivity index (χ0) is 59.3. The van der Waals surface area contributed by atoms with Gasteiger partial charge in [-0.15, -0.1) is 0 Å². The average molecular weight is 1150 g/mol. The first-order valence-corrected chi connectivity index (χ1v) is 34.3. The summed E-state index contributed by atoms with van der Waals surface area (Å²) in [6.45, 7) is 6.65. The SMILES string of the molecule is CC/C=C\C/C=C\C/C=C\C/C=C\C/C=C\CCCCCCCCCCCCCC(=O)NC(COP(=O)([O-])OCC[N+](C)(C)C)C(/C=C\CCCCCCCCCCC)OC(=O)CCC/C=C\C/C=C\C/C=C\C/C=C\CCCCC. The molecule has 0 aromatic carbocycles. The van der Waals surface area contributed by atoms with E-state index in [1.54, 1.807) is 0 Å². The number of esters is 1. The second-order valence-corrected chi connectivity index (χ2v) is 24.3. The van der Waals surface area contributed by atoms with Crippen molar-refractivity contribution in [2.45, 2.75) is 277 Å². The van der Waals surface area contributed by atoms with Gasteiger partial charge in [0, 0.05) is 12.8 Å². The first kappa shape index (κ1) is 77.4. The number of hydrogen-bond acceptors (Lipinski definition) is 7. The summed E-state index contributed by atoms with van der Waals surface area (Å²) in [6, 6.07) is -0.920. The van der Waals surface area contributed by atoms with Crippen LogP contribution in [0, 0.1) is 0 Å². The molecule has 0 spiro atoms. The van der Waals surface area contributed by atoms with Gasteiger partial charge >= 0.3 is 5.97 Å². The molecule has 10 heteroatoms. The number of amides is 1. The minimum Gasteiger partial charge on any atom is -0.756 e. The van der Waals surface area contributed by atoms with Gasteiger partial charge in [-0.25, -0.2) is 0 Å². The Kier molecular flexibility index (Phi) is 56.9. The summed E-state index contributed by atoms with van der Waals surface area (Å²) >= 11 is 0. The van der Waals surface area contributed by atoms with Crippen LogP contribution in [-0.4, -0.2) is 69.4 Å². The molecule has 81 heavy (non-hydrogen) atoms. The highest BCUT2D eigenvalue weighted by atomic mass is 31.2. The fraction of sp³-hybridized carbons (Fsp3) is 0.690. The minimum atomic E-state index is -4.72. The number of quaternary nitrogens is 1. The highest BCUT2D eigenvalue weighted by molar-refractivity contribution is 7.45. The molecule has 3 unspecified atom stereocenters. The molecule has 3 atom stereocenters. The molecule has 9 nitrogen and oxygen atoms in total. The number of likely N-dealkylation sites (N-methyl/N-ethyl adjacent to an activating group) is 1. The summed E-state index contributed by atoms with van der Waals surface area (Å²) in [5, 5.41) is 3.01. The monoisotopic (exact) mass is 1150 g/mol. The fourth-order valence-corrected chi connectivity index (χ4v) is 9.56. The third kappa shape index (κ3) is 60.8. The van der Waals surface area contributed by atoms with Gasteiger partial charge in [0.2, 0.25) is 5.91 Å². The number of phosphoric ester groups is 1. The van der Waals surface area contributed by atoms with E-state index in [9.17, 15) is 19.0 Å². The van der Waals surface area contributed by atoms with Gasteiger partial charge in [0.25, 0.3) is 7.82 Å². The van der Waals surface area contributed by atoms with Crippen LogP contribution in [0.25, 0.3) is 0 Å². The maximum Gasteiger partial charge on any atom is 0.306 e. The molecular weight excluding hydrogens is 1020 g/mol. The molecule has 464 valence electrons. The summed E-state index contributed by atoms with van der Waals surface area (Å²) in [5.41, 5.74) is 0. The molecule has 1 N–H and O–H groups in total. The third-order valence-corrected chi connectivity index (χ3v) is 14.8. The largest absolute Gasteiger partial charge is 0.756 e. The van der Waals surface area contributed by atoms with Crippen molar-refractivity contribution in [3.63, 3.8) is 0 Å². The number of allylic oxidation sites excluding steroid dienone is 19. The Morgan fingerprint density at radius 2 is 0.802 bits per heavy atom. The summed E-state index contributed by atoms with van der Waals surface area (Å²) in [6.07, 6.45) is 83.2. The van der Waals surface area contributed by atoms with Gasteiger partial charge < -0.3 is 28.5 Å². The smallest absolute Gasteiger partial charge is 0.306 e. The molecule has 0 bridgehead atoms. The molecule has 0 saturated carbocycles. The van der Waals surface area contributed by atoms with Gasteiger partial charge in [0.05, 0.1) is 33.8 Å². The van der Waals surface area contributed by atoms with Crippen LogP contribution in [0.2, 0.25) is 0 Å². The zero-order valence-corrected chi connectivity index (χ0v) is 53.8. The van der Waals surface area contributed by atoms with Crippen molar-refractivity contribution in [2.75, 3.05) is 40.9 Å². The first-order chi connectivity index (χ1) is 39.4. The van der Waals surface area contributed by atoms with Crippen LogP contribution in [0.3, 0.4) is 0 Å². The van der Waals surface area contributed by atoms with Crippen LogP contribution in [0.1, 0.15) is 265 Å². The molecule has 0 heterocycles. The molecule has 0 aliphatic rings. The number of phosphoric acid groups is 1. The van der Waals surface area contributed by atoms with E-state index in [-0.39, 0.29) is 18.9 Å². The van der Waals surface area contributed by atoms with Crippen LogP contribution < -0.4 is 10.2 Å². The van der Waals surface area contributed by atoms with Crippen molar-refractivity contribution < 1.29 is 37.3 Å². The quantitative estimate of drug-likeness (QED) is 0.0212. The molecule has 0 aromatic rings. The minimum absolute atomic E-state index is 0.0369. The van der Waals surface area contributed by atoms with Gasteiger partial charge in [-0.3, -0.25) is 14.2 Å². The van der Waals surface area contributed by atoms with E-state index in [4.69, 9.17) is 13.8 Å². The summed E-state index contributed by atoms with van der Waals surface area (Å²) in [4.78, 5) is 40.0. The summed E-state index contributed by atoms with van der Waals surface area (Å²) < 4.78 is 30.3. The van der Waals surface area contributed by atoms with E-state index in [0.29, 0.717) is 23.9 Å². The summed E-state index contributed by atoms with van der Waals surface area (Å²) in [7, 11) is 1.14. The Hall–Kier alpha value is -3.59. The van der Waals surface area contributed by atoms with Crippen molar-refractivity contribution in [1.29, 1.82) is 0 Å². The molecule has 1 amide bonds. The number of nitrogens with zero attached hydrogens (tertiary/aromatic N) is 1. The lowest BCUT2D eigenvalue weighted by Gasteiger charge is -2.30. The van der Waals surface area contributed by atoms with Crippen LogP contribution >= 0.6 is 7.82 Å². The molecule has 0 saturated heterocycles. The van der Waals surface area contributed by atoms with Crippen LogP contribution in [0.5, 0.6) is 0 Å². The molecular formula is C71H123N2O7P. The Balaban J connectivity index is 5.15. The topological polar surface area (TPSA) is 114 Å².